The molecule has 1 aliphatic rings. The number of aryl methyl sites for hydroxylation is 1. The lowest BCUT2D eigenvalue weighted by atomic mass is 10.1. The van der Waals surface area contributed by atoms with Gasteiger partial charge in [0.25, 0.3) is 0 Å². The minimum atomic E-state index is -0.117. The number of nitrogens with one attached hydrogen (secondary N) is 1. The molecule has 0 aliphatic carbocycles. The van der Waals surface area contributed by atoms with Crippen molar-refractivity contribution < 1.29 is 14.3 Å². The molecule has 0 saturated carbocycles. The number of anilines is 2. The van der Waals surface area contributed by atoms with Crippen LogP contribution in [-0.2, 0) is 22.4 Å². The Morgan fingerprint density at radius 1 is 1.09 bits per heavy atom. The number of amides is 2. The monoisotopic (exact) mass is 460 g/mol. The van der Waals surface area contributed by atoms with E-state index in [-0.39, 0.29) is 23.6 Å². The summed E-state index contributed by atoms with van der Waals surface area (Å²) in [6, 6.07) is 23.4. The van der Waals surface area contributed by atoms with Gasteiger partial charge >= 0.3 is 0 Å². The van der Waals surface area contributed by atoms with Crippen molar-refractivity contribution in [3.63, 3.8) is 0 Å². The Balaban J connectivity index is 1.51. The topological polar surface area (TPSA) is 58.6 Å². The van der Waals surface area contributed by atoms with E-state index >= 15 is 0 Å². The van der Waals surface area contributed by atoms with E-state index < -0.39 is 0 Å². The van der Waals surface area contributed by atoms with E-state index in [9.17, 15) is 9.59 Å². The number of hydrogen-bond acceptors (Lipinski definition) is 4. The summed E-state index contributed by atoms with van der Waals surface area (Å²) in [5.41, 5.74) is 4.81. The molecule has 3 aromatic carbocycles. The van der Waals surface area contributed by atoms with Gasteiger partial charge in [-0.05, 0) is 53.4 Å². The first-order valence-corrected chi connectivity index (χ1v) is 12.2. The smallest absolute Gasteiger partial charge is 0.238 e. The van der Waals surface area contributed by atoms with Crippen LogP contribution in [0.4, 0.5) is 11.4 Å². The largest absolute Gasteiger partial charge is 0.497 e. The SMILES string of the molecule is CCCc1ccccc1N1C(=O)CS[C@H]1c1cccc(NC(=O)Cc2ccc(OC)cc2)c1. The highest BCUT2D eigenvalue weighted by atomic mass is 32.2. The zero-order chi connectivity index (χ0) is 23.2. The summed E-state index contributed by atoms with van der Waals surface area (Å²) in [5.74, 6) is 1.24. The fraction of sp³-hybridized carbons (Fsp3) is 0.259. The van der Waals surface area contributed by atoms with Crippen LogP contribution in [0.2, 0.25) is 0 Å². The molecule has 1 heterocycles. The van der Waals surface area contributed by atoms with Crippen molar-refractivity contribution in [3.8, 4) is 5.75 Å². The molecule has 0 spiro atoms. The molecule has 5 nitrogen and oxygen atoms in total. The minimum absolute atomic E-state index is 0.0855. The quantitative estimate of drug-likeness (QED) is 0.475. The van der Waals surface area contributed by atoms with Gasteiger partial charge in [-0.25, -0.2) is 0 Å². The summed E-state index contributed by atoms with van der Waals surface area (Å²) in [4.78, 5) is 27.4. The van der Waals surface area contributed by atoms with Gasteiger partial charge in [0.1, 0.15) is 11.1 Å². The van der Waals surface area contributed by atoms with E-state index in [1.807, 2.05) is 71.6 Å². The van der Waals surface area contributed by atoms with Crippen LogP contribution in [0.1, 0.15) is 35.4 Å². The van der Waals surface area contributed by atoms with Gasteiger partial charge < -0.3 is 10.1 Å². The highest BCUT2D eigenvalue weighted by Gasteiger charge is 2.35. The Kier molecular flexibility index (Phi) is 7.35. The Morgan fingerprint density at radius 3 is 2.64 bits per heavy atom. The second-order valence-electron chi connectivity index (χ2n) is 8.00. The molecule has 3 aromatic rings. The van der Waals surface area contributed by atoms with Crippen LogP contribution in [0.15, 0.2) is 72.8 Å². The molecule has 1 N–H and O–H groups in total. The van der Waals surface area contributed by atoms with Crippen molar-refractivity contribution in [1.29, 1.82) is 0 Å². The first-order chi connectivity index (χ1) is 16.1. The van der Waals surface area contributed by atoms with Crippen molar-refractivity contribution >= 4 is 35.0 Å². The predicted octanol–water partition coefficient (Wildman–Crippen LogP) is 5.61. The molecular formula is C27H28N2O3S. The molecule has 0 radical (unpaired) electrons. The summed E-state index contributed by atoms with van der Waals surface area (Å²) < 4.78 is 5.17. The Bertz CT molecular complexity index is 1130. The number of para-hydroxylation sites is 1. The second kappa shape index (κ2) is 10.6. The number of rotatable bonds is 8. The first-order valence-electron chi connectivity index (χ1n) is 11.1. The molecule has 1 fully saturated rings. The molecular weight excluding hydrogens is 432 g/mol. The van der Waals surface area contributed by atoms with Gasteiger partial charge in [0.2, 0.25) is 11.8 Å². The number of carbonyl (C=O) groups excluding carboxylic acids is 2. The molecule has 2 amide bonds. The molecule has 0 aromatic heterocycles. The molecule has 6 heteroatoms. The first kappa shape index (κ1) is 22.9. The fourth-order valence-electron chi connectivity index (χ4n) is 4.06. The zero-order valence-corrected chi connectivity index (χ0v) is 19.7. The van der Waals surface area contributed by atoms with Gasteiger partial charge in [-0.1, -0.05) is 55.8 Å². The average Bonchev–Trinajstić information content (AvgIpc) is 3.21. The van der Waals surface area contributed by atoms with Crippen LogP contribution in [0, 0.1) is 0 Å². The van der Waals surface area contributed by atoms with Crippen molar-refractivity contribution in [2.75, 3.05) is 23.1 Å². The van der Waals surface area contributed by atoms with Crippen LogP contribution in [0.25, 0.3) is 0 Å². The third-order valence-corrected chi connectivity index (χ3v) is 6.83. The molecule has 33 heavy (non-hydrogen) atoms. The van der Waals surface area contributed by atoms with E-state index in [2.05, 4.69) is 18.3 Å². The van der Waals surface area contributed by atoms with Gasteiger partial charge in [0, 0.05) is 11.4 Å². The lowest BCUT2D eigenvalue weighted by Crippen LogP contribution is -2.28. The normalized spacial score (nSPS) is 15.5. The van der Waals surface area contributed by atoms with Gasteiger partial charge in [-0.15, -0.1) is 11.8 Å². The van der Waals surface area contributed by atoms with E-state index in [1.165, 1.54) is 5.56 Å². The zero-order valence-electron chi connectivity index (χ0n) is 18.9. The molecule has 4 rings (SSSR count). The lowest BCUT2D eigenvalue weighted by Gasteiger charge is -2.27. The number of ether oxygens (including phenoxy) is 1. The van der Waals surface area contributed by atoms with Crippen LogP contribution in [0.3, 0.4) is 0 Å². The lowest BCUT2D eigenvalue weighted by molar-refractivity contribution is -0.116. The van der Waals surface area contributed by atoms with E-state index in [0.717, 1.165) is 41.1 Å². The van der Waals surface area contributed by atoms with Crippen LogP contribution >= 0.6 is 11.8 Å². The summed E-state index contributed by atoms with van der Waals surface area (Å²) in [5, 5.41) is 2.88. The van der Waals surface area contributed by atoms with Gasteiger partial charge in [-0.2, -0.15) is 0 Å². The summed E-state index contributed by atoms with van der Waals surface area (Å²) in [6.45, 7) is 2.15. The summed E-state index contributed by atoms with van der Waals surface area (Å²) in [6.07, 6.45) is 2.23. The van der Waals surface area contributed by atoms with Crippen molar-refractivity contribution in [1.82, 2.24) is 0 Å². The maximum absolute atomic E-state index is 12.9. The number of carbonyl (C=O) groups is 2. The number of thioether (sulfide) groups is 1. The van der Waals surface area contributed by atoms with E-state index in [4.69, 9.17) is 4.74 Å². The molecule has 1 aliphatic heterocycles. The molecule has 0 unspecified atom stereocenters. The Labute approximate surface area is 199 Å². The molecule has 1 saturated heterocycles. The summed E-state index contributed by atoms with van der Waals surface area (Å²) in [7, 11) is 1.62. The Morgan fingerprint density at radius 2 is 1.88 bits per heavy atom. The standard InChI is InChI=1S/C27H28N2O3S/c1-3-7-20-8-4-5-11-24(20)29-26(31)18-33-27(29)21-9-6-10-22(17-21)28-25(30)16-19-12-14-23(32-2)15-13-19/h4-6,8-15,17,27H,3,7,16,18H2,1-2H3,(H,28,30)/t27-/m0/s1. The van der Waals surface area contributed by atoms with Crippen molar-refractivity contribution in [2.45, 2.75) is 31.6 Å². The van der Waals surface area contributed by atoms with Crippen molar-refractivity contribution in [3.05, 3.63) is 89.5 Å². The number of methoxy groups -OCH3 is 1. The van der Waals surface area contributed by atoms with Crippen LogP contribution in [0.5, 0.6) is 5.75 Å². The predicted molar refractivity (Wildman–Crippen MR) is 135 cm³/mol. The van der Waals surface area contributed by atoms with Crippen molar-refractivity contribution in [2.24, 2.45) is 0 Å². The van der Waals surface area contributed by atoms with Crippen LogP contribution < -0.4 is 15.0 Å². The highest BCUT2D eigenvalue weighted by Crippen LogP contribution is 2.43. The minimum Gasteiger partial charge on any atom is -0.497 e. The van der Waals surface area contributed by atoms with Gasteiger partial charge in [-0.3, -0.25) is 14.5 Å². The molecule has 1 atom stereocenters. The highest BCUT2D eigenvalue weighted by molar-refractivity contribution is 8.00. The second-order valence-corrected chi connectivity index (χ2v) is 9.07. The number of hydrogen-bond donors (Lipinski definition) is 1. The summed E-state index contributed by atoms with van der Waals surface area (Å²) >= 11 is 1.62. The maximum Gasteiger partial charge on any atom is 0.238 e. The number of benzene rings is 3. The van der Waals surface area contributed by atoms with E-state index in [1.54, 1.807) is 18.9 Å². The number of nitrogens with zero attached hydrogens (tertiary/aromatic N) is 1. The third-order valence-electron chi connectivity index (χ3n) is 5.62. The fourth-order valence-corrected chi connectivity index (χ4v) is 5.22. The Hall–Kier alpha value is -3.25. The molecule has 170 valence electrons. The molecule has 0 bridgehead atoms. The van der Waals surface area contributed by atoms with Crippen LogP contribution in [-0.4, -0.2) is 24.7 Å². The van der Waals surface area contributed by atoms with E-state index in [0.29, 0.717) is 5.75 Å². The van der Waals surface area contributed by atoms with Gasteiger partial charge in [0.05, 0.1) is 19.3 Å². The maximum atomic E-state index is 12.9. The van der Waals surface area contributed by atoms with Gasteiger partial charge in [0.15, 0.2) is 0 Å². The third kappa shape index (κ3) is 5.40. The average molecular weight is 461 g/mol.